The van der Waals surface area contributed by atoms with Gasteiger partial charge in [-0.2, -0.15) is 0 Å². The molecule has 2 N–H and O–H groups in total. The Hall–Kier alpha value is -2.35. The van der Waals surface area contributed by atoms with Crippen LogP contribution in [0.25, 0.3) is 0 Å². The number of nitrogens with zero attached hydrogens (tertiary/aromatic N) is 4. The molecule has 3 rings (SSSR count). The SMILES string of the molecule is CCN1CCN(C(=O)Nc2nocc2C)CC1c1ncc[nH]1. The van der Waals surface area contributed by atoms with E-state index in [1.165, 1.54) is 6.26 Å². The van der Waals surface area contributed by atoms with E-state index in [4.69, 9.17) is 4.52 Å². The van der Waals surface area contributed by atoms with Gasteiger partial charge < -0.3 is 14.4 Å². The third kappa shape index (κ3) is 2.82. The number of imidazole rings is 1. The molecule has 1 saturated heterocycles. The molecule has 22 heavy (non-hydrogen) atoms. The molecular weight excluding hydrogens is 284 g/mol. The highest BCUT2D eigenvalue weighted by Crippen LogP contribution is 2.23. The molecule has 0 aromatic carbocycles. The largest absolute Gasteiger partial charge is 0.362 e. The first-order valence-electron chi connectivity index (χ1n) is 7.39. The Kier molecular flexibility index (Phi) is 4.10. The molecule has 118 valence electrons. The van der Waals surface area contributed by atoms with Crippen molar-refractivity contribution in [1.29, 1.82) is 0 Å². The smallest absolute Gasteiger partial charge is 0.323 e. The highest BCUT2D eigenvalue weighted by molar-refractivity contribution is 5.89. The molecule has 2 amide bonds. The second kappa shape index (κ2) is 6.18. The van der Waals surface area contributed by atoms with E-state index in [9.17, 15) is 4.79 Å². The summed E-state index contributed by atoms with van der Waals surface area (Å²) in [6, 6.07) is -0.0813. The number of carbonyl (C=O) groups excluding carboxylic acids is 1. The number of amides is 2. The van der Waals surface area contributed by atoms with E-state index in [-0.39, 0.29) is 12.1 Å². The van der Waals surface area contributed by atoms with Crippen molar-refractivity contribution < 1.29 is 9.32 Å². The number of likely N-dealkylation sites (N-methyl/N-ethyl adjacent to an activating group) is 1. The number of H-pyrrole nitrogens is 1. The van der Waals surface area contributed by atoms with Crippen molar-refractivity contribution in [3.8, 4) is 0 Å². The molecule has 0 bridgehead atoms. The van der Waals surface area contributed by atoms with Crippen LogP contribution in [0.5, 0.6) is 0 Å². The van der Waals surface area contributed by atoms with E-state index in [0.717, 1.165) is 24.5 Å². The van der Waals surface area contributed by atoms with Gasteiger partial charge in [0.15, 0.2) is 5.82 Å². The Bertz CT molecular complexity index is 623. The van der Waals surface area contributed by atoms with Gasteiger partial charge in [-0.1, -0.05) is 12.1 Å². The highest BCUT2D eigenvalue weighted by atomic mass is 16.5. The van der Waals surface area contributed by atoms with Crippen molar-refractivity contribution >= 4 is 11.8 Å². The van der Waals surface area contributed by atoms with E-state index in [1.54, 1.807) is 17.3 Å². The average molecular weight is 304 g/mol. The summed E-state index contributed by atoms with van der Waals surface area (Å²) in [5.74, 6) is 1.36. The normalized spacial score (nSPS) is 19.4. The second-order valence-electron chi connectivity index (χ2n) is 5.34. The summed E-state index contributed by atoms with van der Waals surface area (Å²) >= 11 is 0. The maximum atomic E-state index is 12.4. The van der Waals surface area contributed by atoms with Crippen LogP contribution in [0.2, 0.25) is 0 Å². The molecular formula is C14H20N6O2. The minimum atomic E-state index is -0.163. The van der Waals surface area contributed by atoms with Gasteiger partial charge in [0.2, 0.25) is 0 Å². The lowest BCUT2D eigenvalue weighted by Gasteiger charge is -2.39. The predicted octanol–water partition coefficient (Wildman–Crippen LogP) is 1.62. The summed E-state index contributed by atoms with van der Waals surface area (Å²) in [6.07, 6.45) is 5.05. The summed E-state index contributed by atoms with van der Waals surface area (Å²) in [6.45, 7) is 6.95. The molecule has 0 aliphatic carbocycles. The van der Waals surface area contributed by atoms with E-state index >= 15 is 0 Å². The molecule has 8 heteroatoms. The van der Waals surface area contributed by atoms with Crippen LogP contribution in [0.1, 0.15) is 24.4 Å². The fraction of sp³-hybridized carbons (Fsp3) is 0.500. The average Bonchev–Trinajstić information content (AvgIpc) is 3.19. The van der Waals surface area contributed by atoms with Crippen molar-refractivity contribution in [2.75, 3.05) is 31.5 Å². The van der Waals surface area contributed by atoms with E-state index in [2.05, 4.69) is 32.3 Å². The first-order chi connectivity index (χ1) is 10.7. The zero-order valence-corrected chi connectivity index (χ0v) is 12.7. The minimum Gasteiger partial charge on any atom is -0.362 e. The van der Waals surface area contributed by atoms with Gasteiger partial charge in [0, 0.05) is 37.6 Å². The molecule has 2 aromatic heterocycles. The summed E-state index contributed by atoms with van der Waals surface area (Å²) in [7, 11) is 0. The molecule has 1 unspecified atom stereocenters. The summed E-state index contributed by atoms with van der Waals surface area (Å²) in [5, 5.41) is 6.58. The molecule has 0 spiro atoms. The first-order valence-corrected chi connectivity index (χ1v) is 7.39. The second-order valence-corrected chi connectivity index (χ2v) is 5.34. The number of hydrogen-bond donors (Lipinski definition) is 2. The van der Waals surface area contributed by atoms with E-state index < -0.39 is 0 Å². The number of aromatic amines is 1. The number of nitrogens with one attached hydrogen (secondary N) is 2. The number of urea groups is 1. The summed E-state index contributed by atoms with van der Waals surface area (Å²) in [4.78, 5) is 24.0. The Morgan fingerprint density at radius 2 is 2.41 bits per heavy atom. The van der Waals surface area contributed by atoms with Gasteiger partial charge in [-0.15, -0.1) is 0 Å². The Labute approximate surface area is 128 Å². The molecule has 0 radical (unpaired) electrons. The Morgan fingerprint density at radius 1 is 1.55 bits per heavy atom. The quantitative estimate of drug-likeness (QED) is 0.899. The molecule has 1 aliphatic heterocycles. The standard InChI is InChI=1S/C14H20N6O2/c1-3-19-6-7-20(8-11(19)13-15-4-5-16-13)14(21)17-12-10(2)9-22-18-12/h4-5,9,11H,3,6-8H2,1-2H3,(H,15,16)(H,17,18,21). The molecule has 8 nitrogen and oxygen atoms in total. The number of rotatable bonds is 3. The molecule has 2 aromatic rings. The fourth-order valence-corrected chi connectivity index (χ4v) is 2.69. The summed E-state index contributed by atoms with van der Waals surface area (Å²) in [5.41, 5.74) is 0.808. The van der Waals surface area contributed by atoms with Crippen molar-refractivity contribution in [3.63, 3.8) is 0 Å². The van der Waals surface area contributed by atoms with Crippen LogP contribution >= 0.6 is 0 Å². The molecule has 1 atom stereocenters. The lowest BCUT2D eigenvalue weighted by Crippen LogP contribution is -2.51. The fourth-order valence-electron chi connectivity index (χ4n) is 2.69. The lowest BCUT2D eigenvalue weighted by atomic mass is 10.1. The minimum absolute atomic E-state index is 0.0814. The zero-order valence-electron chi connectivity index (χ0n) is 12.7. The van der Waals surface area contributed by atoms with E-state index in [0.29, 0.717) is 18.9 Å². The van der Waals surface area contributed by atoms with Crippen molar-refractivity contribution in [2.45, 2.75) is 19.9 Å². The maximum Gasteiger partial charge on any atom is 0.323 e. The van der Waals surface area contributed by atoms with Gasteiger partial charge in [-0.05, 0) is 13.5 Å². The van der Waals surface area contributed by atoms with Crippen molar-refractivity contribution in [3.05, 3.63) is 30.0 Å². The van der Waals surface area contributed by atoms with Crippen LogP contribution in [-0.4, -0.2) is 57.1 Å². The first kappa shape index (κ1) is 14.6. The van der Waals surface area contributed by atoms with Crippen LogP contribution in [0.4, 0.5) is 10.6 Å². The zero-order chi connectivity index (χ0) is 15.5. The third-order valence-corrected chi connectivity index (χ3v) is 3.99. The van der Waals surface area contributed by atoms with E-state index in [1.807, 2.05) is 6.92 Å². The monoisotopic (exact) mass is 304 g/mol. The van der Waals surface area contributed by atoms with Crippen LogP contribution < -0.4 is 5.32 Å². The topological polar surface area (TPSA) is 90.3 Å². The number of piperazine rings is 1. The molecule has 1 fully saturated rings. The van der Waals surface area contributed by atoms with Crippen LogP contribution in [-0.2, 0) is 0 Å². The van der Waals surface area contributed by atoms with Gasteiger partial charge >= 0.3 is 6.03 Å². The Balaban J connectivity index is 1.70. The third-order valence-electron chi connectivity index (χ3n) is 3.99. The van der Waals surface area contributed by atoms with Gasteiger partial charge in [0.1, 0.15) is 12.1 Å². The molecule has 0 saturated carbocycles. The van der Waals surface area contributed by atoms with Crippen LogP contribution in [0, 0.1) is 6.92 Å². The molecule has 1 aliphatic rings. The van der Waals surface area contributed by atoms with Crippen LogP contribution in [0.3, 0.4) is 0 Å². The van der Waals surface area contributed by atoms with Gasteiger partial charge in [0.25, 0.3) is 0 Å². The maximum absolute atomic E-state index is 12.4. The number of aryl methyl sites for hydroxylation is 1. The number of aromatic nitrogens is 3. The highest BCUT2D eigenvalue weighted by Gasteiger charge is 2.31. The number of carbonyl (C=O) groups is 1. The number of hydrogen-bond acceptors (Lipinski definition) is 5. The number of anilines is 1. The van der Waals surface area contributed by atoms with Crippen LogP contribution in [0.15, 0.2) is 23.2 Å². The lowest BCUT2D eigenvalue weighted by molar-refractivity contribution is 0.0946. The van der Waals surface area contributed by atoms with Crippen molar-refractivity contribution in [2.24, 2.45) is 0 Å². The molecule has 3 heterocycles. The van der Waals surface area contributed by atoms with Gasteiger partial charge in [0.05, 0.1) is 6.04 Å². The van der Waals surface area contributed by atoms with Gasteiger partial charge in [-0.3, -0.25) is 10.2 Å². The van der Waals surface area contributed by atoms with Crippen molar-refractivity contribution in [1.82, 2.24) is 24.9 Å². The predicted molar refractivity (Wildman–Crippen MR) is 80.4 cm³/mol. The Morgan fingerprint density at radius 3 is 3.05 bits per heavy atom. The summed E-state index contributed by atoms with van der Waals surface area (Å²) < 4.78 is 4.84. The van der Waals surface area contributed by atoms with Gasteiger partial charge in [-0.25, -0.2) is 9.78 Å².